The van der Waals surface area contributed by atoms with E-state index in [4.69, 9.17) is 16.3 Å². The molecule has 2 aromatic carbocycles. The highest BCUT2D eigenvalue weighted by Gasteiger charge is 2.18. The van der Waals surface area contributed by atoms with E-state index in [9.17, 15) is 22.4 Å². The Bertz CT molecular complexity index is 891. The predicted molar refractivity (Wildman–Crippen MR) is 85.6 cm³/mol. The fourth-order valence-corrected chi connectivity index (χ4v) is 2.66. The number of hydrogen-bond acceptors (Lipinski definition) is 5. The molecule has 2 aromatic rings. The number of carbonyl (C=O) groups is 2. The maximum atomic E-state index is 12.8. The van der Waals surface area contributed by atoms with Gasteiger partial charge in [0.15, 0.2) is 22.2 Å². The Morgan fingerprint density at radius 3 is 2.33 bits per heavy atom. The molecule has 0 N–H and O–H groups in total. The van der Waals surface area contributed by atoms with Crippen molar-refractivity contribution in [2.45, 2.75) is 4.90 Å². The summed E-state index contributed by atoms with van der Waals surface area (Å²) in [6.07, 6.45) is 0.989. The van der Waals surface area contributed by atoms with Gasteiger partial charge in [0.25, 0.3) is 0 Å². The molecule has 0 bridgehead atoms. The first-order chi connectivity index (χ1) is 11.2. The van der Waals surface area contributed by atoms with Crippen LogP contribution >= 0.6 is 11.6 Å². The van der Waals surface area contributed by atoms with Gasteiger partial charge < -0.3 is 4.74 Å². The minimum Gasteiger partial charge on any atom is -0.454 e. The molecule has 0 heterocycles. The van der Waals surface area contributed by atoms with Crippen LogP contribution in [0.5, 0.6) is 0 Å². The Kier molecular flexibility index (Phi) is 5.36. The highest BCUT2D eigenvalue weighted by Crippen LogP contribution is 2.21. The van der Waals surface area contributed by atoms with E-state index in [1.807, 2.05) is 0 Å². The minimum atomic E-state index is -3.52. The largest absolute Gasteiger partial charge is 0.454 e. The van der Waals surface area contributed by atoms with Crippen LogP contribution in [0.15, 0.2) is 47.4 Å². The summed E-state index contributed by atoms with van der Waals surface area (Å²) in [6, 6.07) is 8.37. The first kappa shape index (κ1) is 18.1. The second-order valence-corrected chi connectivity index (χ2v) is 7.34. The Morgan fingerprint density at radius 2 is 1.75 bits per heavy atom. The Morgan fingerprint density at radius 1 is 1.12 bits per heavy atom. The number of esters is 1. The summed E-state index contributed by atoms with van der Waals surface area (Å²) in [6.45, 7) is -0.579. The average molecular weight is 371 g/mol. The lowest BCUT2D eigenvalue weighted by molar-refractivity contribution is 0.0474. The molecule has 126 valence electrons. The molecule has 0 aliphatic rings. The fourth-order valence-electron chi connectivity index (χ4n) is 1.82. The summed E-state index contributed by atoms with van der Waals surface area (Å²) in [7, 11) is -3.52. The van der Waals surface area contributed by atoms with Crippen LogP contribution in [0.4, 0.5) is 4.39 Å². The maximum absolute atomic E-state index is 12.8. The lowest BCUT2D eigenvalue weighted by Crippen LogP contribution is -2.15. The molecule has 0 aliphatic carbocycles. The molecule has 5 nitrogen and oxygen atoms in total. The van der Waals surface area contributed by atoms with Crippen LogP contribution in [0.3, 0.4) is 0 Å². The third kappa shape index (κ3) is 4.39. The molecule has 0 aromatic heterocycles. The Hall–Kier alpha value is -2.25. The van der Waals surface area contributed by atoms with Gasteiger partial charge in [-0.2, -0.15) is 0 Å². The van der Waals surface area contributed by atoms with Crippen molar-refractivity contribution in [3.63, 3.8) is 0 Å². The molecule has 0 amide bonds. The number of carbonyl (C=O) groups excluding carboxylic acids is 2. The fraction of sp³-hybridized carbons (Fsp3) is 0.125. The molecule has 0 saturated heterocycles. The smallest absolute Gasteiger partial charge is 0.340 e. The van der Waals surface area contributed by atoms with Gasteiger partial charge in [-0.3, -0.25) is 4.79 Å². The van der Waals surface area contributed by atoms with Gasteiger partial charge >= 0.3 is 5.97 Å². The average Bonchev–Trinajstić information content (AvgIpc) is 2.52. The third-order valence-corrected chi connectivity index (χ3v) is 4.53. The zero-order valence-corrected chi connectivity index (χ0v) is 14.0. The van der Waals surface area contributed by atoms with Crippen LogP contribution in [0.1, 0.15) is 20.7 Å². The van der Waals surface area contributed by atoms with Gasteiger partial charge in [-0.15, -0.1) is 0 Å². The number of ether oxygens (including phenoxy) is 1. The number of benzene rings is 2. The molecular formula is C16H12ClFO5S. The van der Waals surface area contributed by atoms with E-state index >= 15 is 0 Å². The second-order valence-electron chi connectivity index (χ2n) is 4.92. The van der Waals surface area contributed by atoms with Crippen molar-refractivity contribution in [1.29, 1.82) is 0 Å². The van der Waals surface area contributed by atoms with E-state index in [0.29, 0.717) is 0 Å². The van der Waals surface area contributed by atoms with Gasteiger partial charge in [-0.25, -0.2) is 17.6 Å². The zero-order chi connectivity index (χ0) is 17.9. The molecule has 0 aliphatic heterocycles. The van der Waals surface area contributed by atoms with Crippen LogP contribution in [0.25, 0.3) is 0 Å². The summed E-state index contributed by atoms with van der Waals surface area (Å²) in [5.74, 6) is -1.95. The number of hydrogen-bond donors (Lipinski definition) is 0. The van der Waals surface area contributed by atoms with Gasteiger partial charge in [0.1, 0.15) is 5.82 Å². The van der Waals surface area contributed by atoms with Gasteiger partial charge in [0.2, 0.25) is 0 Å². The van der Waals surface area contributed by atoms with Gasteiger partial charge in [-0.1, -0.05) is 11.6 Å². The predicted octanol–water partition coefficient (Wildman–Crippen LogP) is 2.92. The number of ketones is 1. The van der Waals surface area contributed by atoms with Crippen molar-refractivity contribution in [2.24, 2.45) is 0 Å². The molecule has 0 fully saturated rings. The quantitative estimate of drug-likeness (QED) is 0.597. The van der Waals surface area contributed by atoms with E-state index in [-0.39, 0.29) is 21.0 Å². The monoisotopic (exact) mass is 370 g/mol. The third-order valence-electron chi connectivity index (χ3n) is 3.09. The van der Waals surface area contributed by atoms with Gasteiger partial charge in [0, 0.05) is 11.8 Å². The van der Waals surface area contributed by atoms with Crippen LogP contribution in [0, 0.1) is 5.82 Å². The summed E-state index contributed by atoms with van der Waals surface area (Å²) >= 11 is 5.87. The first-order valence-electron chi connectivity index (χ1n) is 6.64. The summed E-state index contributed by atoms with van der Waals surface area (Å²) in [5, 5.41) is 0.00151. The second kappa shape index (κ2) is 7.11. The highest BCUT2D eigenvalue weighted by atomic mass is 35.5. The molecule has 0 unspecified atom stereocenters. The van der Waals surface area contributed by atoms with Crippen molar-refractivity contribution in [2.75, 3.05) is 12.9 Å². The molecule has 2 rings (SSSR count). The minimum absolute atomic E-state index is 0.00151. The molecule has 0 saturated carbocycles. The van der Waals surface area contributed by atoms with E-state index in [1.54, 1.807) is 0 Å². The van der Waals surface area contributed by atoms with Crippen LogP contribution in [0.2, 0.25) is 5.02 Å². The molecular weight excluding hydrogens is 359 g/mol. The van der Waals surface area contributed by atoms with Crippen LogP contribution < -0.4 is 0 Å². The van der Waals surface area contributed by atoms with Crippen molar-refractivity contribution >= 4 is 33.2 Å². The van der Waals surface area contributed by atoms with Crippen molar-refractivity contribution < 1.29 is 27.1 Å². The van der Waals surface area contributed by atoms with Crippen molar-refractivity contribution in [1.82, 2.24) is 0 Å². The number of sulfone groups is 1. The van der Waals surface area contributed by atoms with Crippen LogP contribution in [-0.2, 0) is 14.6 Å². The SMILES string of the molecule is CS(=O)(=O)c1ccc(Cl)c(C(=O)OCC(=O)c2ccc(F)cc2)c1. The Balaban J connectivity index is 2.12. The zero-order valence-electron chi connectivity index (χ0n) is 12.5. The standard InChI is InChI=1S/C16H12ClFO5S/c1-24(21,22)12-6-7-14(17)13(8-12)16(20)23-9-15(19)10-2-4-11(18)5-3-10/h2-8H,9H2,1H3. The Labute approximate surface area is 142 Å². The molecule has 0 atom stereocenters. The van der Waals surface area contributed by atoms with Crippen molar-refractivity contribution in [3.8, 4) is 0 Å². The lowest BCUT2D eigenvalue weighted by atomic mass is 10.1. The summed E-state index contributed by atoms with van der Waals surface area (Å²) in [5.41, 5.74) is 0.0201. The summed E-state index contributed by atoms with van der Waals surface area (Å²) < 4.78 is 40.7. The molecule has 24 heavy (non-hydrogen) atoms. The first-order valence-corrected chi connectivity index (χ1v) is 8.91. The number of halogens is 2. The lowest BCUT2D eigenvalue weighted by Gasteiger charge is -2.07. The normalized spacial score (nSPS) is 11.1. The van der Waals surface area contributed by atoms with Crippen LogP contribution in [-0.4, -0.2) is 33.0 Å². The molecule has 0 radical (unpaired) electrons. The highest BCUT2D eigenvalue weighted by molar-refractivity contribution is 7.90. The maximum Gasteiger partial charge on any atom is 0.340 e. The van der Waals surface area contributed by atoms with Gasteiger partial charge in [-0.05, 0) is 42.5 Å². The van der Waals surface area contributed by atoms with Crippen molar-refractivity contribution in [3.05, 3.63) is 64.4 Å². The molecule has 8 heteroatoms. The summed E-state index contributed by atoms with van der Waals surface area (Å²) in [4.78, 5) is 23.8. The van der Waals surface area contributed by atoms with Gasteiger partial charge in [0.05, 0.1) is 15.5 Å². The molecule has 0 spiro atoms. The van der Waals surface area contributed by atoms with E-state index < -0.39 is 34.0 Å². The number of Topliss-reactive ketones (excluding diaryl/α,β-unsaturated/α-hetero) is 1. The van der Waals surface area contributed by atoms with E-state index in [1.165, 1.54) is 24.3 Å². The number of rotatable bonds is 5. The van der Waals surface area contributed by atoms with E-state index in [2.05, 4.69) is 0 Å². The van der Waals surface area contributed by atoms with E-state index in [0.717, 1.165) is 24.5 Å². The topological polar surface area (TPSA) is 77.5 Å².